The fourth-order valence-electron chi connectivity index (χ4n) is 18.5. The number of carbonyl (C=O) groups excluding carboxylic acids is 3. The number of fused-ring (bicyclic) bond motifs is 4. The molecule has 0 radical (unpaired) electrons. The Morgan fingerprint density at radius 1 is 0.557 bits per heavy atom. The van der Waals surface area contributed by atoms with E-state index in [-0.39, 0.29) is 110 Å². The lowest BCUT2D eigenvalue weighted by Gasteiger charge is -2.56. The number of carbonyl (C=O) groups is 3. The van der Waals surface area contributed by atoms with Crippen LogP contribution in [0.4, 0.5) is 0 Å². The highest BCUT2D eigenvalue weighted by atomic mass is 28.4. The van der Waals surface area contributed by atoms with Crippen LogP contribution in [0.5, 0.6) is 0 Å². The maximum atomic E-state index is 12.4. The number of ketones is 1. The summed E-state index contributed by atoms with van der Waals surface area (Å²) in [5.74, 6) is 0.000101. The molecular formula is C64H108O14Si. The van der Waals surface area contributed by atoms with Gasteiger partial charge in [-0.25, -0.2) is 0 Å². The first-order valence-corrected chi connectivity index (χ1v) is 34.1. The van der Waals surface area contributed by atoms with Crippen molar-refractivity contribution in [1.82, 2.24) is 0 Å². The zero-order valence-corrected chi connectivity index (χ0v) is 52.1. The molecule has 0 aromatic heterocycles. The van der Waals surface area contributed by atoms with Gasteiger partial charge in [-0.2, -0.15) is 0 Å². The number of aliphatic hydroxyl groups excluding tert-OH is 6. The third-order valence-electron chi connectivity index (χ3n) is 25.3. The van der Waals surface area contributed by atoms with Gasteiger partial charge in [0.1, 0.15) is 18.0 Å². The van der Waals surface area contributed by atoms with Gasteiger partial charge in [0.2, 0.25) is 0 Å². The Balaban J connectivity index is 0.000000162. The molecule has 6 unspecified atom stereocenters. The molecule has 79 heavy (non-hydrogen) atoms. The van der Waals surface area contributed by atoms with Gasteiger partial charge in [0.05, 0.1) is 49.8 Å². The lowest BCUT2D eigenvalue weighted by molar-refractivity contribution is -0.254. The molecule has 1 heterocycles. The highest BCUT2D eigenvalue weighted by molar-refractivity contribution is 6.74. The fourth-order valence-corrected chi connectivity index (χ4v) is 19.9. The Labute approximate surface area is 475 Å². The molecule has 0 bridgehead atoms. The molecule has 10 aliphatic rings. The smallest absolute Gasteiger partial charge is 0.302 e. The van der Waals surface area contributed by atoms with Crippen molar-refractivity contribution in [2.24, 2.45) is 68.0 Å². The van der Waals surface area contributed by atoms with Crippen molar-refractivity contribution in [2.75, 3.05) is 13.2 Å². The van der Waals surface area contributed by atoms with E-state index < -0.39 is 43.9 Å². The summed E-state index contributed by atoms with van der Waals surface area (Å²) < 4.78 is 31.0. The third kappa shape index (κ3) is 11.4. The fraction of sp³-hybridized carbons (Fsp3) is 0.922. The second-order valence-corrected chi connectivity index (χ2v) is 35.2. The predicted molar refractivity (Wildman–Crippen MR) is 305 cm³/mol. The monoisotopic (exact) mass is 1130 g/mol. The average molecular weight is 1130 g/mol. The van der Waals surface area contributed by atoms with E-state index in [1.54, 1.807) is 0 Å². The molecule has 10 rings (SSSR count). The summed E-state index contributed by atoms with van der Waals surface area (Å²) in [5.41, 5.74) is -0.130. The van der Waals surface area contributed by atoms with Gasteiger partial charge in [0.25, 0.3) is 0 Å². The van der Waals surface area contributed by atoms with Crippen LogP contribution in [0.1, 0.15) is 211 Å². The van der Waals surface area contributed by atoms with Gasteiger partial charge < -0.3 is 54.0 Å². The van der Waals surface area contributed by atoms with E-state index in [0.717, 1.165) is 103 Å². The van der Waals surface area contributed by atoms with Crippen LogP contribution in [0.3, 0.4) is 0 Å². The Hall–Kier alpha value is -1.79. The standard InChI is InChI=1S/C27H48O6Si.C19H30O5.C18H30O3/c1-18(28)32-23-20(10-13-26(6)21(23)11-14-27(26)30-15-16-31-27)25(5)12-9-19(17-22(25)29)33-34(7,8)24(2,3)4;1-11(20)24-17-13-4-5-15(22)18(13,2)9-7-14(17)19(3)8-6-12(21)10-16(19)23;1-11-4-5-13-16(21)14(7-9-17(11,13)2)18(3)8-6-12(19)10-15(18)20/h19-23,29H,9-17H2,1-8H3;12-14,16-17,21,23H,4-10H2,1-3H3;12-16,19-21H,1,4-10H2,2-3H3/t19-,20?,21?,22-,23+,25+,26-;12-,13?,14?,16-,17-,18-,19+;12-,13?,14?,15-,16-,17+,18+/m000/s1. The molecule has 0 amide bonds. The van der Waals surface area contributed by atoms with E-state index in [9.17, 15) is 45.0 Å². The molecule has 15 heteroatoms. The third-order valence-corrected chi connectivity index (χ3v) is 29.8. The van der Waals surface area contributed by atoms with Crippen molar-refractivity contribution in [3.8, 4) is 0 Å². The van der Waals surface area contributed by atoms with E-state index in [4.69, 9.17) is 23.4 Å². The van der Waals surface area contributed by atoms with E-state index in [1.165, 1.54) is 19.4 Å². The molecule has 9 aliphatic carbocycles. The van der Waals surface area contributed by atoms with Gasteiger partial charge in [-0.1, -0.05) is 74.5 Å². The summed E-state index contributed by atoms with van der Waals surface area (Å²) in [4.78, 5) is 36.4. The average Bonchev–Trinajstić information content (AvgIpc) is 4.33. The van der Waals surface area contributed by atoms with E-state index in [1.807, 2.05) is 6.92 Å². The van der Waals surface area contributed by atoms with Gasteiger partial charge in [-0.15, -0.1) is 0 Å². The number of aliphatic hydroxyl groups is 6. The first-order chi connectivity index (χ1) is 36.6. The molecule has 10 fully saturated rings. The van der Waals surface area contributed by atoms with Crippen LogP contribution in [0.15, 0.2) is 12.2 Å². The number of ether oxygens (including phenoxy) is 4. The van der Waals surface area contributed by atoms with Crippen molar-refractivity contribution >= 4 is 26.0 Å². The molecule has 1 saturated heterocycles. The quantitative estimate of drug-likeness (QED) is 0.0794. The van der Waals surface area contributed by atoms with Crippen molar-refractivity contribution in [3.63, 3.8) is 0 Å². The summed E-state index contributed by atoms with van der Waals surface area (Å²) >= 11 is 0. The summed E-state index contributed by atoms with van der Waals surface area (Å²) in [6.07, 6.45) is 13.7. The SMILES string of the molecule is C=C1CCC2[C@H](O)C([C@@]3(C)CC[C@H](O)C[C@@H]3O)CC[C@]12C.CC(=O)O[C@H]1C2CCC(=O)[C@@]2(C)CCC1[C@@]1(C)CC[C@H](O)C[C@@H]1O.CC(=O)O[C@H]1C2CCC3(OCCO3)[C@@]2(C)CCC1[C@@]1(C)CC[C@H](O[Si](C)(C)C(C)(C)C)C[C@@H]1O. The molecule has 1 aliphatic heterocycles. The molecule has 0 aromatic rings. The summed E-state index contributed by atoms with van der Waals surface area (Å²) in [5, 5.41) is 63.6. The van der Waals surface area contributed by atoms with Crippen molar-refractivity contribution < 1.29 is 68.4 Å². The largest absolute Gasteiger partial charge is 0.462 e. The summed E-state index contributed by atoms with van der Waals surface area (Å²) in [6, 6.07) is 0. The van der Waals surface area contributed by atoms with Crippen LogP contribution in [0.2, 0.25) is 18.1 Å². The second kappa shape index (κ2) is 22.9. The topological polar surface area (TPSA) is 219 Å². The number of hydrogen-bond acceptors (Lipinski definition) is 14. The molecular weight excluding hydrogens is 1020 g/mol. The molecule has 452 valence electrons. The molecule has 1 spiro atoms. The van der Waals surface area contributed by atoms with Gasteiger partial charge >= 0.3 is 11.9 Å². The van der Waals surface area contributed by atoms with Crippen LogP contribution in [0.25, 0.3) is 0 Å². The number of allylic oxidation sites excluding steroid dienone is 1. The number of hydrogen-bond donors (Lipinski definition) is 6. The molecule has 9 saturated carbocycles. The highest BCUT2D eigenvalue weighted by Gasteiger charge is 2.68. The maximum Gasteiger partial charge on any atom is 0.302 e. The second-order valence-electron chi connectivity index (χ2n) is 30.4. The first-order valence-electron chi connectivity index (χ1n) is 31.2. The van der Waals surface area contributed by atoms with Crippen molar-refractivity contribution in [2.45, 2.75) is 290 Å². The molecule has 21 atom stereocenters. The molecule has 6 N–H and O–H groups in total. The Kier molecular flexibility index (Phi) is 18.3. The van der Waals surface area contributed by atoms with Crippen LogP contribution in [-0.4, -0.2) is 131 Å². The van der Waals surface area contributed by atoms with E-state index in [0.29, 0.717) is 51.2 Å². The minimum Gasteiger partial charge on any atom is -0.462 e. The Bertz CT molecular complexity index is 2210. The Morgan fingerprint density at radius 2 is 1.01 bits per heavy atom. The maximum absolute atomic E-state index is 12.4. The highest BCUT2D eigenvalue weighted by Crippen LogP contribution is 2.66. The minimum absolute atomic E-state index is 0.0351. The minimum atomic E-state index is -1.90. The van der Waals surface area contributed by atoms with Crippen molar-refractivity contribution in [3.05, 3.63) is 12.2 Å². The van der Waals surface area contributed by atoms with Crippen molar-refractivity contribution in [1.29, 1.82) is 0 Å². The lowest BCUT2D eigenvalue weighted by Crippen LogP contribution is -2.59. The molecule has 14 nitrogen and oxygen atoms in total. The number of rotatable bonds is 7. The first kappa shape index (κ1) is 63.2. The van der Waals surface area contributed by atoms with Gasteiger partial charge in [-0.3, -0.25) is 14.4 Å². The van der Waals surface area contributed by atoms with E-state index >= 15 is 0 Å². The number of Topliss-reactive ketones (excluding diaryl/α,β-unsaturated/α-hetero) is 1. The van der Waals surface area contributed by atoms with Crippen LogP contribution >= 0.6 is 0 Å². The van der Waals surface area contributed by atoms with E-state index in [2.05, 4.69) is 75.1 Å². The zero-order valence-electron chi connectivity index (χ0n) is 51.1. The van der Waals surface area contributed by atoms with Crippen LogP contribution in [0, 0.1) is 68.0 Å². The van der Waals surface area contributed by atoms with Gasteiger partial charge in [0.15, 0.2) is 14.1 Å². The summed E-state index contributed by atoms with van der Waals surface area (Å²) in [7, 11) is -1.90. The van der Waals surface area contributed by atoms with Crippen LogP contribution in [-0.2, 0) is 37.8 Å². The zero-order chi connectivity index (χ0) is 58.3. The van der Waals surface area contributed by atoms with Gasteiger partial charge in [0, 0.05) is 78.1 Å². The normalized spacial score (nSPS) is 47.7. The lowest BCUT2D eigenvalue weighted by atomic mass is 9.53. The predicted octanol–water partition coefficient (Wildman–Crippen LogP) is 10.3. The van der Waals surface area contributed by atoms with Crippen LogP contribution < -0.4 is 0 Å². The summed E-state index contributed by atoms with van der Waals surface area (Å²) in [6.45, 7) is 32.7. The molecule has 0 aromatic carbocycles. The van der Waals surface area contributed by atoms with Gasteiger partial charge in [-0.05, 0) is 163 Å². The number of esters is 2. The Morgan fingerprint density at radius 3 is 1.53 bits per heavy atom.